The van der Waals surface area contributed by atoms with Crippen molar-refractivity contribution in [2.24, 2.45) is 0 Å². The smallest absolute Gasteiger partial charge is 0.517 e. The van der Waals surface area contributed by atoms with Crippen molar-refractivity contribution in [3.63, 3.8) is 0 Å². The number of halogens is 7. The molecule has 1 N–H and O–H groups in total. The summed E-state index contributed by atoms with van der Waals surface area (Å²) in [5, 5.41) is -2.62. The van der Waals surface area contributed by atoms with Crippen LogP contribution in [-0.2, 0) is 23.9 Å². The van der Waals surface area contributed by atoms with Gasteiger partial charge in [0.15, 0.2) is 0 Å². The predicted octanol–water partition coefficient (Wildman–Crippen LogP) is 3.01. The molecule has 0 saturated heterocycles. The minimum Gasteiger partial charge on any atom is -0.517 e. The van der Waals surface area contributed by atoms with Crippen LogP contribution in [0.2, 0.25) is 0 Å². The molecule has 1 saturated carbocycles. The Balaban J connectivity index is 0. The Bertz CT molecular complexity index is 190. The van der Waals surface area contributed by atoms with Gasteiger partial charge in [-0.15, -0.1) is 69.6 Å². The molecule has 1 fully saturated rings. The molecule has 2 nitrogen and oxygen atoms in total. The Hall–Kier alpha value is 2.11. The van der Waals surface area contributed by atoms with Crippen LogP contribution in [0.1, 0.15) is 0 Å². The van der Waals surface area contributed by atoms with Gasteiger partial charge in [0.1, 0.15) is 0 Å². The van der Waals surface area contributed by atoms with E-state index in [-0.39, 0.29) is 19.5 Å². The first-order valence-electron chi connectivity index (χ1n) is 3.93. The zero-order valence-corrected chi connectivity index (χ0v) is 16.7. The first-order chi connectivity index (χ1) is 7.20. The van der Waals surface area contributed by atoms with Gasteiger partial charge in [0.05, 0.1) is 32.3 Å². The minimum atomic E-state index is -3.63. The van der Waals surface area contributed by atoms with E-state index in [2.05, 4.69) is 0 Å². The molecule has 0 amide bonds. The van der Waals surface area contributed by atoms with E-state index in [0.29, 0.717) is 0 Å². The molecule has 0 unspecified atom stereocenters. The summed E-state index contributed by atoms with van der Waals surface area (Å²) in [6.45, 7) is 0. The Morgan fingerprint density at radius 1 is 0.765 bits per heavy atom. The molecule has 98 valence electrons. The molecule has 11 heteroatoms. The molecule has 0 aromatic rings. The third kappa shape index (κ3) is 6.89. The minimum absolute atomic E-state index is 0. The third-order valence-corrected chi connectivity index (χ3v) is 5.86. The first-order valence-corrected chi connectivity index (χ1v) is 7.78. The van der Waals surface area contributed by atoms with E-state index in [0.717, 1.165) is 0 Å². The monoisotopic (exact) mass is 432 g/mol. The molecule has 1 rings (SSSR count). The van der Waals surface area contributed by atoms with Crippen LogP contribution in [-0.4, -0.2) is 46.3 Å². The van der Waals surface area contributed by atoms with Gasteiger partial charge in [0.25, 0.3) is 0 Å². The van der Waals surface area contributed by atoms with Crippen molar-refractivity contribution in [3.8, 4) is 0 Å². The Labute approximate surface area is 143 Å². The molecular formula is C6H7Cl6FO2SiZn. The van der Waals surface area contributed by atoms with Gasteiger partial charge in [0.2, 0.25) is 0 Å². The van der Waals surface area contributed by atoms with Crippen LogP contribution < -0.4 is 0 Å². The molecule has 17 heavy (non-hydrogen) atoms. The van der Waals surface area contributed by atoms with E-state index in [9.17, 15) is 4.11 Å². The van der Waals surface area contributed by atoms with Gasteiger partial charge in [-0.05, 0) is 0 Å². The molecule has 0 aromatic carbocycles. The summed E-state index contributed by atoms with van der Waals surface area (Å²) in [5.41, 5.74) is 0. The van der Waals surface area contributed by atoms with E-state index < -0.39 is 41.5 Å². The number of hydrogen-bond acceptors (Lipinski definition) is 1. The molecule has 0 heterocycles. The van der Waals surface area contributed by atoms with Crippen molar-refractivity contribution >= 4 is 78.9 Å². The summed E-state index contributed by atoms with van der Waals surface area (Å²) < 4.78 is 18.6. The molecule has 0 aliphatic heterocycles. The molecule has 0 radical (unpaired) electrons. The van der Waals surface area contributed by atoms with Crippen molar-refractivity contribution in [2.75, 3.05) is 0 Å². The van der Waals surface area contributed by atoms with Gasteiger partial charge >= 0.3 is 9.26 Å². The summed E-state index contributed by atoms with van der Waals surface area (Å²) in [7, 11) is -3.63. The number of hydrogen-bond donors (Lipinski definition) is 1. The Kier molecular flexibility index (Phi) is 12.5. The largest absolute Gasteiger partial charge is 0.734 e. The van der Waals surface area contributed by atoms with Crippen molar-refractivity contribution in [1.29, 1.82) is 0 Å². The number of rotatable bonds is 0. The fraction of sp³-hybridized carbons (Fsp3) is 1.00. The quantitative estimate of drug-likeness (QED) is 0.360. The standard InChI is InChI=1S/C6H6Cl6.FHO2Si.Zn/c7-1-2(8)4(10)6(12)5(11)3(1)9;1-4(2)3;/h1-6H;2H;. The molecular weight excluding hydrogens is 429 g/mol. The molecule has 1 aliphatic carbocycles. The van der Waals surface area contributed by atoms with Crippen LogP contribution in [0.25, 0.3) is 0 Å². The van der Waals surface area contributed by atoms with Crippen LogP contribution in [0.15, 0.2) is 0 Å². The van der Waals surface area contributed by atoms with Gasteiger partial charge in [0, 0.05) is 19.5 Å². The maximum Gasteiger partial charge on any atom is 0.734 e. The second-order valence-corrected chi connectivity index (χ2v) is 6.45. The molecule has 0 aromatic heterocycles. The molecule has 0 spiro atoms. The average molecular weight is 436 g/mol. The second-order valence-electron chi connectivity index (χ2n) is 2.92. The number of alkyl halides is 6. The summed E-state index contributed by atoms with van der Waals surface area (Å²) in [6, 6.07) is 0. The van der Waals surface area contributed by atoms with Gasteiger partial charge in [-0.2, -0.15) is 4.11 Å². The maximum absolute atomic E-state index is 10.1. The van der Waals surface area contributed by atoms with Gasteiger partial charge in [-0.25, -0.2) is 0 Å². The van der Waals surface area contributed by atoms with E-state index in [4.69, 9.17) is 78.9 Å². The molecule has 1 aliphatic rings. The fourth-order valence-electron chi connectivity index (χ4n) is 1.05. The van der Waals surface area contributed by atoms with Crippen LogP contribution in [0.5, 0.6) is 0 Å². The summed E-state index contributed by atoms with van der Waals surface area (Å²) in [5.74, 6) is 0. The van der Waals surface area contributed by atoms with E-state index in [1.165, 1.54) is 0 Å². The van der Waals surface area contributed by atoms with Crippen LogP contribution in [0.4, 0.5) is 4.11 Å². The maximum atomic E-state index is 10.1. The third-order valence-electron chi connectivity index (χ3n) is 1.83. The summed E-state index contributed by atoms with van der Waals surface area (Å²) in [6.07, 6.45) is 0. The van der Waals surface area contributed by atoms with Gasteiger partial charge in [-0.3, -0.25) is 4.46 Å². The van der Waals surface area contributed by atoms with Crippen molar-refractivity contribution < 1.29 is 32.8 Å². The average Bonchev–Trinajstić information content (AvgIpc) is 2.20. The Morgan fingerprint density at radius 2 is 0.824 bits per heavy atom. The van der Waals surface area contributed by atoms with Crippen LogP contribution in [0.3, 0.4) is 0 Å². The van der Waals surface area contributed by atoms with E-state index in [1.54, 1.807) is 0 Å². The normalized spacial score (nSPS) is 40.6. The molecule has 0 bridgehead atoms. The fourth-order valence-corrected chi connectivity index (χ4v) is 3.38. The summed E-state index contributed by atoms with van der Waals surface area (Å²) >= 11 is 35.3. The predicted molar refractivity (Wildman–Crippen MR) is 67.6 cm³/mol. The van der Waals surface area contributed by atoms with Crippen molar-refractivity contribution in [3.05, 3.63) is 0 Å². The Morgan fingerprint density at radius 3 is 0.882 bits per heavy atom. The first kappa shape index (κ1) is 21.4. The van der Waals surface area contributed by atoms with E-state index in [1.807, 2.05) is 0 Å². The topological polar surface area (TPSA) is 37.3 Å². The zero-order chi connectivity index (χ0) is 13.0. The van der Waals surface area contributed by atoms with Crippen LogP contribution >= 0.6 is 69.6 Å². The van der Waals surface area contributed by atoms with Crippen molar-refractivity contribution in [1.82, 2.24) is 0 Å². The van der Waals surface area contributed by atoms with E-state index >= 15 is 0 Å². The van der Waals surface area contributed by atoms with Gasteiger partial charge < -0.3 is 4.80 Å². The second kappa shape index (κ2) is 9.93. The zero-order valence-electron chi connectivity index (χ0n) is 8.17. The summed E-state index contributed by atoms with van der Waals surface area (Å²) in [4.78, 5) is 6.94. The SMILES string of the molecule is ClC1C(Cl)C(Cl)C(Cl)C(Cl)C1Cl.O=[Si](O)F.[Zn]. The van der Waals surface area contributed by atoms with Gasteiger partial charge in [-0.1, -0.05) is 0 Å². The van der Waals surface area contributed by atoms with Crippen LogP contribution in [0, 0.1) is 0 Å². The molecule has 0 atom stereocenters. The van der Waals surface area contributed by atoms with Crippen molar-refractivity contribution in [2.45, 2.75) is 32.3 Å².